The summed E-state index contributed by atoms with van der Waals surface area (Å²) >= 11 is 3.28. The summed E-state index contributed by atoms with van der Waals surface area (Å²) < 4.78 is 27.7. The molecule has 0 heterocycles. The molecule has 0 amide bonds. The lowest BCUT2D eigenvalue weighted by Gasteiger charge is -2.07. The molecular formula is C17H18BrNO3S. The fourth-order valence-corrected chi connectivity index (χ4v) is 3.38. The van der Waals surface area contributed by atoms with Crippen LogP contribution in [-0.2, 0) is 16.4 Å². The zero-order valence-corrected chi connectivity index (χ0v) is 15.2. The molecule has 0 saturated heterocycles. The second-order valence-electron chi connectivity index (χ2n) is 5.08. The number of rotatable bonds is 7. The van der Waals surface area contributed by atoms with E-state index < -0.39 is 10.0 Å². The Morgan fingerprint density at radius 3 is 2.22 bits per heavy atom. The van der Waals surface area contributed by atoms with E-state index in [2.05, 4.69) is 20.7 Å². The van der Waals surface area contributed by atoms with Crippen molar-refractivity contribution in [2.75, 3.05) is 6.54 Å². The Bertz CT molecular complexity index is 768. The molecule has 0 unspecified atom stereocenters. The van der Waals surface area contributed by atoms with Crippen molar-refractivity contribution in [3.8, 4) is 0 Å². The fourth-order valence-electron chi connectivity index (χ4n) is 2.09. The molecule has 0 saturated carbocycles. The average molecular weight is 396 g/mol. The number of carbonyl (C=O) groups is 1. The molecule has 1 N–H and O–H groups in total. The van der Waals surface area contributed by atoms with Gasteiger partial charge in [-0.2, -0.15) is 0 Å². The molecule has 4 nitrogen and oxygen atoms in total. The number of Topliss-reactive ketones (excluding diaryl/α,β-unsaturated/α-hetero) is 1. The van der Waals surface area contributed by atoms with Gasteiger partial charge in [-0.05, 0) is 36.2 Å². The Morgan fingerprint density at radius 1 is 1.04 bits per heavy atom. The SMILES string of the molecule is CCC(=O)c1ccc(CCNS(=O)(=O)c2ccc(Br)cc2)cc1. The smallest absolute Gasteiger partial charge is 0.240 e. The third-order valence-electron chi connectivity index (χ3n) is 3.43. The lowest BCUT2D eigenvalue weighted by Crippen LogP contribution is -2.25. The first-order chi connectivity index (χ1) is 10.9. The predicted octanol–water partition coefficient (Wildman–Crippen LogP) is 3.56. The van der Waals surface area contributed by atoms with Gasteiger partial charge in [0.2, 0.25) is 10.0 Å². The van der Waals surface area contributed by atoms with Crippen molar-refractivity contribution in [1.82, 2.24) is 4.72 Å². The van der Waals surface area contributed by atoms with Crippen molar-refractivity contribution in [1.29, 1.82) is 0 Å². The van der Waals surface area contributed by atoms with Crippen molar-refractivity contribution in [2.24, 2.45) is 0 Å². The minimum Gasteiger partial charge on any atom is -0.294 e. The summed E-state index contributed by atoms with van der Waals surface area (Å²) in [6.45, 7) is 2.13. The molecule has 122 valence electrons. The number of hydrogen-bond acceptors (Lipinski definition) is 3. The summed E-state index contributed by atoms with van der Waals surface area (Å²) in [5.41, 5.74) is 1.67. The van der Waals surface area contributed by atoms with Crippen LogP contribution in [0.25, 0.3) is 0 Å². The monoisotopic (exact) mass is 395 g/mol. The molecule has 0 bridgehead atoms. The van der Waals surface area contributed by atoms with Gasteiger partial charge in [-0.3, -0.25) is 4.79 Å². The van der Waals surface area contributed by atoms with E-state index in [-0.39, 0.29) is 10.7 Å². The quantitative estimate of drug-likeness (QED) is 0.728. The van der Waals surface area contributed by atoms with Crippen LogP contribution in [-0.4, -0.2) is 20.7 Å². The van der Waals surface area contributed by atoms with Crippen molar-refractivity contribution >= 4 is 31.7 Å². The number of halogens is 1. The van der Waals surface area contributed by atoms with Crippen LogP contribution in [0.15, 0.2) is 57.9 Å². The first kappa shape index (κ1) is 17.8. The van der Waals surface area contributed by atoms with Crippen molar-refractivity contribution in [3.63, 3.8) is 0 Å². The Hall–Kier alpha value is -1.50. The van der Waals surface area contributed by atoms with E-state index in [1.165, 1.54) is 0 Å². The fraction of sp³-hybridized carbons (Fsp3) is 0.235. The maximum Gasteiger partial charge on any atom is 0.240 e. The standard InChI is InChI=1S/C17H18BrNO3S/c1-2-17(20)14-5-3-13(4-6-14)11-12-19-23(21,22)16-9-7-15(18)8-10-16/h3-10,19H,2,11-12H2,1H3. The molecular weight excluding hydrogens is 378 g/mol. The highest BCUT2D eigenvalue weighted by Gasteiger charge is 2.12. The van der Waals surface area contributed by atoms with E-state index in [1.807, 2.05) is 19.1 Å². The summed E-state index contributed by atoms with van der Waals surface area (Å²) in [5.74, 6) is 0.104. The maximum atomic E-state index is 12.1. The number of ketones is 1. The summed E-state index contributed by atoms with van der Waals surface area (Å²) in [7, 11) is -3.50. The summed E-state index contributed by atoms with van der Waals surface area (Å²) in [6.07, 6.45) is 1.04. The van der Waals surface area contributed by atoms with Gasteiger partial charge in [-0.1, -0.05) is 47.1 Å². The van der Waals surface area contributed by atoms with Gasteiger partial charge >= 0.3 is 0 Å². The van der Waals surface area contributed by atoms with E-state index in [0.29, 0.717) is 24.9 Å². The van der Waals surface area contributed by atoms with Crippen molar-refractivity contribution in [3.05, 3.63) is 64.1 Å². The maximum absolute atomic E-state index is 12.1. The first-order valence-corrected chi connectivity index (χ1v) is 9.57. The Labute approximate surface area is 145 Å². The number of hydrogen-bond donors (Lipinski definition) is 1. The average Bonchev–Trinajstić information content (AvgIpc) is 2.55. The highest BCUT2D eigenvalue weighted by Crippen LogP contribution is 2.14. The third kappa shape index (κ3) is 4.99. The van der Waals surface area contributed by atoms with Crippen molar-refractivity contribution in [2.45, 2.75) is 24.7 Å². The van der Waals surface area contributed by atoms with Gasteiger partial charge < -0.3 is 0 Å². The molecule has 6 heteroatoms. The summed E-state index contributed by atoms with van der Waals surface area (Å²) in [6, 6.07) is 13.8. The van der Waals surface area contributed by atoms with E-state index in [4.69, 9.17) is 0 Å². The number of sulfonamides is 1. The Morgan fingerprint density at radius 2 is 1.65 bits per heavy atom. The van der Waals surface area contributed by atoms with Crippen LogP contribution in [0.1, 0.15) is 29.3 Å². The highest BCUT2D eigenvalue weighted by atomic mass is 79.9. The van der Waals surface area contributed by atoms with E-state index in [0.717, 1.165) is 10.0 Å². The van der Waals surface area contributed by atoms with E-state index >= 15 is 0 Å². The molecule has 2 aromatic carbocycles. The Balaban J connectivity index is 1.94. The van der Waals surface area contributed by atoms with Gasteiger partial charge in [0.15, 0.2) is 5.78 Å². The third-order valence-corrected chi connectivity index (χ3v) is 5.43. The number of benzene rings is 2. The van der Waals surface area contributed by atoms with Gasteiger partial charge in [-0.25, -0.2) is 13.1 Å². The Kier molecular flexibility index (Phi) is 6.10. The minimum atomic E-state index is -3.50. The second-order valence-corrected chi connectivity index (χ2v) is 7.76. The summed E-state index contributed by atoms with van der Waals surface area (Å²) in [4.78, 5) is 11.8. The second kappa shape index (κ2) is 7.86. The zero-order valence-electron chi connectivity index (χ0n) is 12.8. The first-order valence-electron chi connectivity index (χ1n) is 7.30. The molecule has 0 aliphatic rings. The van der Waals surface area contributed by atoms with Crippen LogP contribution < -0.4 is 4.72 Å². The lowest BCUT2D eigenvalue weighted by molar-refractivity contribution is 0.0988. The molecule has 23 heavy (non-hydrogen) atoms. The number of nitrogens with one attached hydrogen (secondary N) is 1. The number of carbonyl (C=O) groups excluding carboxylic acids is 1. The van der Waals surface area contributed by atoms with Gasteiger partial charge in [0, 0.05) is 23.0 Å². The normalized spacial score (nSPS) is 11.4. The molecule has 0 aromatic heterocycles. The predicted molar refractivity (Wildman–Crippen MR) is 94.1 cm³/mol. The minimum absolute atomic E-state index is 0.104. The van der Waals surface area contributed by atoms with Gasteiger partial charge in [0.1, 0.15) is 0 Å². The molecule has 0 spiro atoms. The van der Waals surface area contributed by atoms with Crippen LogP contribution in [0.3, 0.4) is 0 Å². The van der Waals surface area contributed by atoms with E-state index in [1.54, 1.807) is 36.4 Å². The molecule has 0 radical (unpaired) electrons. The van der Waals surface area contributed by atoms with Gasteiger partial charge in [0.25, 0.3) is 0 Å². The van der Waals surface area contributed by atoms with Crippen LogP contribution in [0, 0.1) is 0 Å². The lowest BCUT2D eigenvalue weighted by atomic mass is 10.1. The van der Waals surface area contributed by atoms with Crippen LogP contribution in [0.4, 0.5) is 0 Å². The molecule has 2 rings (SSSR count). The topological polar surface area (TPSA) is 63.2 Å². The van der Waals surface area contributed by atoms with Gasteiger partial charge in [-0.15, -0.1) is 0 Å². The van der Waals surface area contributed by atoms with Gasteiger partial charge in [0.05, 0.1) is 4.90 Å². The van der Waals surface area contributed by atoms with Crippen molar-refractivity contribution < 1.29 is 13.2 Å². The van der Waals surface area contributed by atoms with Crippen LogP contribution >= 0.6 is 15.9 Å². The summed E-state index contributed by atoms with van der Waals surface area (Å²) in [5, 5.41) is 0. The zero-order chi connectivity index (χ0) is 16.9. The highest BCUT2D eigenvalue weighted by molar-refractivity contribution is 9.10. The molecule has 2 aromatic rings. The van der Waals surface area contributed by atoms with E-state index in [9.17, 15) is 13.2 Å². The molecule has 0 fully saturated rings. The molecule has 0 aliphatic carbocycles. The van der Waals surface area contributed by atoms with Crippen LogP contribution in [0.2, 0.25) is 0 Å². The van der Waals surface area contributed by atoms with Crippen LogP contribution in [0.5, 0.6) is 0 Å². The molecule has 0 aliphatic heterocycles. The largest absolute Gasteiger partial charge is 0.294 e. The molecule has 0 atom stereocenters.